The number of hydrogen-bond donors (Lipinski definition) is 1. The SMILES string of the molecule is Cc1ccccc1CN(C(=O)COc1ccc(Cl)cc1C(=O)O)[C@@H](C)c1ccccc1. The van der Waals surface area contributed by atoms with Gasteiger partial charge in [0.15, 0.2) is 6.61 Å². The number of benzene rings is 3. The van der Waals surface area contributed by atoms with Crippen LogP contribution in [0.3, 0.4) is 0 Å². The van der Waals surface area contributed by atoms with Gasteiger partial charge in [0.05, 0.1) is 6.04 Å². The molecule has 0 heterocycles. The molecule has 0 saturated carbocycles. The van der Waals surface area contributed by atoms with Gasteiger partial charge in [0.1, 0.15) is 11.3 Å². The third kappa shape index (κ3) is 5.64. The van der Waals surface area contributed by atoms with Gasteiger partial charge in [0.2, 0.25) is 0 Å². The van der Waals surface area contributed by atoms with Crippen molar-refractivity contribution in [1.82, 2.24) is 4.90 Å². The highest BCUT2D eigenvalue weighted by molar-refractivity contribution is 6.31. The summed E-state index contributed by atoms with van der Waals surface area (Å²) in [7, 11) is 0. The van der Waals surface area contributed by atoms with E-state index in [2.05, 4.69) is 0 Å². The van der Waals surface area contributed by atoms with Crippen LogP contribution >= 0.6 is 11.6 Å². The van der Waals surface area contributed by atoms with Crippen LogP contribution in [0.5, 0.6) is 5.75 Å². The lowest BCUT2D eigenvalue weighted by molar-refractivity contribution is -0.136. The van der Waals surface area contributed by atoms with Crippen LogP contribution in [0.15, 0.2) is 72.8 Å². The van der Waals surface area contributed by atoms with E-state index >= 15 is 0 Å². The van der Waals surface area contributed by atoms with Gasteiger partial charge in [-0.25, -0.2) is 4.79 Å². The third-order valence-electron chi connectivity index (χ3n) is 5.19. The van der Waals surface area contributed by atoms with E-state index in [-0.39, 0.29) is 34.9 Å². The zero-order valence-corrected chi connectivity index (χ0v) is 18.2. The van der Waals surface area contributed by atoms with Crippen LogP contribution in [0.1, 0.15) is 40.0 Å². The summed E-state index contributed by atoms with van der Waals surface area (Å²) in [5, 5.41) is 9.68. The van der Waals surface area contributed by atoms with E-state index in [1.54, 1.807) is 4.90 Å². The summed E-state index contributed by atoms with van der Waals surface area (Å²) in [6.45, 7) is 4.10. The van der Waals surface area contributed by atoms with Crippen LogP contribution < -0.4 is 4.74 Å². The highest BCUT2D eigenvalue weighted by Crippen LogP contribution is 2.26. The summed E-state index contributed by atoms with van der Waals surface area (Å²) in [6, 6.07) is 21.8. The van der Waals surface area contributed by atoms with Crippen molar-refractivity contribution in [2.45, 2.75) is 26.4 Å². The predicted molar refractivity (Wildman–Crippen MR) is 120 cm³/mol. The molecule has 6 heteroatoms. The summed E-state index contributed by atoms with van der Waals surface area (Å²) in [5.41, 5.74) is 3.05. The predicted octanol–water partition coefficient (Wildman–Crippen LogP) is 5.52. The summed E-state index contributed by atoms with van der Waals surface area (Å²) in [4.78, 5) is 26.5. The minimum atomic E-state index is -1.17. The second-order valence-electron chi connectivity index (χ2n) is 7.27. The Morgan fingerprint density at radius 2 is 1.71 bits per heavy atom. The molecule has 1 N–H and O–H groups in total. The molecule has 31 heavy (non-hydrogen) atoms. The number of carbonyl (C=O) groups is 2. The molecule has 160 valence electrons. The number of rotatable bonds is 8. The van der Waals surface area contributed by atoms with E-state index in [0.29, 0.717) is 6.54 Å². The molecule has 0 fully saturated rings. The molecule has 3 aromatic rings. The lowest BCUT2D eigenvalue weighted by Gasteiger charge is -2.30. The molecule has 3 aromatic carbocycles. The van der Waals surface area contributed by atoms with Crippen molar-refractivity contribution in [2.24, 2.45) is 0 Å². The standard InChI is InChI=1S/C25H24ClNO4/c1-17-8-6-7-11-20(17)15-27(18(2)19-9-4-3-5-10-19)24(28)16-31-23-13-12-21(26)14-22(23)25(29)30/h3-14,18H,15-16H2,1-2H3,(H,29,30)/t18-/m0/s1. The van der Waals surface area contributed by atoms with Crippen molar-refractivity contribution >= 4 is 23.5 Å². The first-order valence-corrected chi connectivity index (χ1v) is 10.3. The molecule has 0 unspecified atom stereocenters. The third-order valence-corrected chi connectivity index (χ3v) is 5.43. The summed E-state index contributed by atoms with van der Waals surface area (Å²) in [5.74, 6) is -1.31. The molecule has 0 aliphatic rings. The van der Waals surface area contributed by atoms with E-state index in [1.165, 1.54) is 18.2 Å². The zero-order chi connectivity index (χ0) is 22.4. The molecule has 0 spiro atoms. The highest BCUT2D eigenvalue weighted by Gasteiger charge is 2.23. The maximum atomic E-state index is 13.2. The summed E-state index contributed by atoms with van der Waals surface area (Å²) >= 11 is 5.89. The Bertz CT molecular complexity index is 1070. The number of aromatic carboxylic acids is 1. The van der Waals surface area contributed by atoms with Gasteiger partial charge in [-0.05, 0) is 48.7 Å². The van der Waals surface area contributed by atoms with Gasteiger partial charge in [0, 0.05) is 11.6 Å². The number of carboxylic acid groups (broad SMARTS) is 1. The largest absolute Gasteiger partial charge is 0.483 e. The number of amides is 1. The summed E-state index contributed by atoms with van der Waals surface area (Å²) in [6.07, 6.45) is 0. The minimum absolute atomic E-state index is 0.0816. The molecule has 1 atom stereocenters. The lowest BCUT2D eigenvalue weighted by atomic mass is 10.0. The Hall–Kier alpha value is -3.31. The molecule has 0 aliphatic heterocycles. The van der Waals surface area contributed by atoms with Crippen LogP contribution in [0.4, 0.5) is 0 Å². The van der Waals surface area contributed by atoms with Crippen LogP contribution in [0.2, 0.25) is 5.02 Å². The average molecular weight is 438 g/mol. The zero-order valence-electron chi connectivity index (χ0n) is 17.4. The van der Waals surface area contributed by atoms with Gasteiger partial charge in [0.25, 0.3) is 5.91 Å². The van der Waals surface area contributed by atoms with Gasteiger partial charge in [-0.2, -0.15) is 0 Å². The molecular formula is C25H24ClNO4. The fourth-order valence-electron chi connectivity index (χ4n) is 3.34. The second kappa shape index (κ2) is 10.1. The van der Waals surface area contributed by atoms with Crippen LogP contribution in [0.25, 0.3) is 0 Å². The number of hydrogen-bond acceptors (Lipinski definition) is 3. The number of halogens is 1. The van der Waals surface area contributed by atoms with Gasteiger partial charge >= 0.3 is 5.97 Å². The molecule has 3 rings (SSSR count). The van der Waals surface area contributed by atoms with E-state index in [4.69, 9.17) is 16.3 Å². The quantitative estimate of drug-likeness (QED) is 0.504. The lowest BCUT2D eigenvalue weighted by Crippen LogP contribution is -2.37. The van der Waals surface area contributed by atoms with E-state index < -0.39 is 5.97 Å². The van der Waals surface area contributed by atoms with Crippen molar-refractivity contribution < 1.29 is 19.4 Å². The molecule has 1 amide bonds. The second-order valence-corrected chi connectivity index (χ2v) is 7.71. The van der Waals surface area contributed by atoms with Crippen molar-refractivity contribution in [3.63, 3.8) is 0 Å². The van der Waals surface area contributed by atoms with Crippen molar-refractivity contribution in [3.05, 3.63) is 100 Å². The Kier molecular flexibility index (Phi) is 7.32. The first kappa shape index (κ1) is 22.4. The number of ether oxygens (including phenoxy) is 1. The van der Waals surface area contributed by atoms with Crippen molar-refractivity contribution in [1.29, 1.82) is 0 Å². The molecule has 0 aromatic heterocycles. The first-order chi connectivity index (χ1) is 14.9. The smallest absolute Gasteiger partial charge is 0.339 e. The average Bonchev–Trinajstić information content (AvgIpc) is 2.77. The van der Waals surface area contributed by atoms with E-state index in [1.807, 2.05) is 68.4 Å². The Morgan fingerprint density at radius 3 is 2.39 bits per heavy atom. The molecule has 0 saturated heterocycles. The van der Waals surface area contributed by atoms with Crippen LogP contribution in [0, 0.1) is 6.92 Å². The first-order valence-electron chi connectivity index (χ1n) is 9.91. The van der Waals surface area contributed by atoms with Crippen molar-refractivity contribution in [2.75, 3.05) is 6.61 Å². The Morgan fingerprint density at radius 1 is 1.03 bits per heavy atom. The molecule has 0 bridgehead atoms. The fourth-order valence-corrected chi connectivity index (χ4v) is 3.51. The Labute approximate surface area is 186 Å². The minimum Gasteiger partial charge on any atom is -0.483 e. The molecular weight excluding hydrogens is 414 g/mol. The highest BCUT2D eigenvalue weighted by atomic mass is 35.5. The summed E-state index contributed by atoms with van der Waals surface area (Å²) < 4.78 is 5.62. The maximum Gasteiger partial charge on any atom is 0.339 e. The monoisotopic (exact) mass is 437 g/mol. The van der Waals surface area contributed by atoms with Gasteiger partial charge in [-0.3, -0.25) is 4.79 Å². The van der Waals surface area contributed by atoms with E-state index in [9.17, 15) is 14.7 Å². The topological polar surface area (TPSA) is 66.8 Å². The maximum absolute atomic E-state index is 13.2. The van der Waals surface area contributed by atoms with Gasteiger partial charge in [-0.15, -0.1) is 0 Å². The van der Waals surface area contributed by atoms with Gasteiger partial charge < -0.3 is 14.7 Å². The number of aryl methyl sites for hydroxylation is 1. The molecule has 0 aliphatic carbocycles. The van der Waals surface area contributed by atoms with E-state index in [0.717, 1.165) is 16.7 Å². The van der Waals surface area contributed by atoms with Gasteiger partial charge in [-0.1, -0.05) is 66.2 Å². The van der Waals surface area contributed by atoms with Crippen LogP contribution in [-0.2, 0) is 11.3 Å². The van der Waals surface area contributed by atoms with Crippen molar-refractivity contribution in [3.8, 4) is 5.75 Å². The fraction of sp³-hybridized carbons (Fsp3) is 0.200. The normalized spacial score (nSPS) is 11.6. The van der Waals surface area contributed by atoms with Crippen LogP contribution in [-0.4, -0.2) is 28.5 Å². The Balaban J connectivity index is 1.84. The number of nitrogens with zero attached hydrogens (tertiary/aromatic N) is 1. The molecule has 0 radical (unpaired) electrons. The number of carboxylic acids is 1. The molecule has 5 nitrogen and oxygen atoms in total. The number of carbonyl (C=O) groups excluding carboxylic acids is 1.